The van der Waals surface area contributed by atoms with Gasteiger partial charge in [-0.05, 0) is 25.5 Å². The lowest BCUT2D eigenvalue weighted by Gasteiger charge is -2.33. The van der Waals surface area contributed by atoms with Crippen molar-refractivity contribution in [1.29, 1.82) is 0 Å². The number of nitrogens with two attached hydrogens (primary N) is 1. The predicted octanol–water partition coefficient (Wildman–Crippen LogP) is 2.91. The number of nitrogens with zero attached hydrogens (tertiary/aromatic N) is 1. The van der Waals surface area contributed by atoms with E-state index < -0.39 is 0 Å². The van der Waals surface area contributed by atoms with Crippen molar-refractivity contribution in [3.8, 4) is 5.75 Å². The van der Waals surface area contributed by atoms with E-state index in [1.165, 1.54) is 5.56 Å². The van der Waals surface area contributed by atoms with Gasteiger partial charge in [0.25, 0.3) is 0 Å². The van der Waals surface area contributed by atoms with Gasteiger partial charge < -0.3 is 15.4 Å². The summed E-state index contributed by atoms with van der Waals surface area (Å²) in [6.45, 7) is 5.60. The Kier molecular flexibility index (Phi) is 7.69. The molecular weight excluding hydrogens is 300 g/mol. The molecule has 0 aromatic heterocycles. The van der Waals surface area contributed by atoms with Gasteiger partial charge in [0.15, 0.2) is 0 Å². The van der Waals surface area contributed by atoms with Crippen LogP contribution < -0.4 is 10.5 Å². The lowest BCUT2D eigenvalue weighted by Crippen LogP contribution is -2.48. The van der Waals surface area contributed by atoms with Crippen LogP contribution in [0.25, 0.3) is 0 Å². The number of halogens is 1. The van der Waals surface area contributed by atoms with Crippen LogP contribution in [0.15, 0.2) is 24.3 Å². The monoisotopic (exact) mass is 326 g/mol. The van der Waals surface area contributed by atoms with Gasteiger partial charge in [-0.1, -0.05) is 31.0 Å². The molecule has 124 valence electrons. The van der Waals surface area contributed by atoms with Crippen molar-refractivity contribution in [2.75, 3.05) is 13.1 Å². The topological polar surface area (TPSA) is 55.6 Å². The summed E-state index contributed by atoms with van der Waals surface area (Å²) < 4.78 is 5.98. The molecule has 1 aromatic carbocycles. The number of benzene rings is 1. The molecule has 2 N–H and O–H groups in total. The minimum absolute atomic E-state index is 0. The molecule has 1 aromatic rings. The Morgan fingerprint density at radius 2 is 1.91 bits per heavy atom. The Bertz CT molecular complexity index is 456. The summed E-state index contributed by atoms with van der Waals surface area (Å²) in [6, 6.07) is 7.77. The van der Waals surface area contributed by atoms with Gasteiger partial charge in [-0.3, -0.25) is 4.79 Å². The number of likely N-dealkylation sites (tertiary alicyclic amines) is 1. The molecule has 0 radical (unpaired) electrons. The SMILES string of the molecule is CCCC(N)C(=O)N1CCC(Oc2ccc(C)cc2)CC1.Cl. The number of aryl methyl sites for hydroxylation is 1. The van der Waals surface area contributed by atoms with Crippen LogP contribution in [0.2, 0.25) is 0 Å². The molecule has 1 aliphatic heterocycles. The molecule has 2 rings (SSSR count). The van der Waals surface area contributed by atoms with E-state index in [0.717, 1.165) is 44.5 Å². The molecule has 1 heterocycles. The highest BCUT2D eigenvalue weighted by atomic mass is 35.5. The fourth-order valence-corrected chi connectivity index (χ4v) is 2.67. The van der Waals surface area contributed by atoms with E-state index in [1.54, 1.807) is 0 Å². The third-order valence-corrected chi connectivity index (χ3v) is 3.99. The Balaban J connectivity index is 0.00000242. The van der Waals surface area contributed by atoms with Gasteiger partial charge in [0, 0.05) is 25.9 Å². The van der Waals surface area contributed by atoms with E-state index in [9.17, 15) is 4.79 Å². The summed E-state index contributed by atoms with van der Waals surface area (Å²) in [4.78, 5) is 14.0. The average molecular weight is 327 g/mol. The van der Waals surface area contributed by atoms with Crippen LogP contribution >= 0.6 is 12.4 Å². The highest BCUT2D eigenvalue weighted by Gasteiger charge is 2.26. The lowest BCUT2D eigenvalue weighted by atomic mass is 10.1. The van der Waals surface area contributed by atoms with Crippen molar-refractivity contribution in [3.05, 3.63) is 29.8 Å². The highest BCUT2D eigenvalue weighted by Crippen LogP contribution is 2.20. The van der Waals surface area contributed by atoms with Gasteiger partial charge in [0.2, 0.25) is 5.91 Å². The fraction of sp³-hybridized carbons (Fsp3) is 0.588. The molecule has 1 saturated heterocycles. The van der Waals surface area contributed by atoms with E-state index >= 15 is 0 Å². The molecule has 1 amide bonds. The van der Waals surface area contributed by atoms with Crippen molar-refractivity contribution in [2.45, 2.75) is 51.7 Å². The number of carbonyl (C=O) groups excluding carboxylic acids is 1. The Morgan fingerprint density at radius 1 is 1.32 bits per heavy atom. The summed E-state index contributed by atoms with van der Waals surface area (Å²) in [6.07, 6.45) is 3.65. The maximum atomic E-state index is 12.2. The maximum Gasteiger partial charge on any atom is 0.239 e. The lowest BCUT2D eigenvalue weighted by molar-refractivity contribution is -0.134. The molecule has 1 fully saturated rings. The van der Waals surface area contributed by atoms with E-state index in [2.05, 4.69) is 26.0 Å². The van der Waals surface area contributed by atoms with Gasteiger partial charge >= 0.3 is 0 Å². The first-order valence-corrected chi connectivity index (χ1v) is 7.88. The average Bonchev–Trinajstić information content (AvgIpc) is 2.50. The molecular formula is C17H27ClN2O2. The van der Waals surface area contributed by atoms with Crippen LogP contribution in [0.1, 0.15) is 38.2 Å². The first kappa shape index (κ1) is 18.8. The highest BCUT2D eigenvalue weighted by molar-refractivity contribution is 5.85. The van der Waals surface area contributed by atoms with Crippen LogP contribution in [0, 0.1) is 6.92 Å². The quantitative estimate of drug-likeness (QED) is 0.905. The number of carbonyl (C=O) groups is 1. The molecule has 5 heteroatoms. The molecule has 0 saturated carbocycles. The molecule has 22 heavy (non-hydrogen) atoms. The predicted molar refractivity (Wildman–Crippen MR) is 91.5 cm³/mol. The van der Waals surface area contributed by atoms with Crippen LogP contribution in [0.4, 0.5) is 0 Å². The summed E-state index contributed by atoms with van der Waals surface area (Å²) in [5.41, 5.74) is 7.14. The minimum atomic E-state index is -0.343. The number of hydrogen-bond donors (Lipinski definition) is 1. The Morgan fingerprint density at radius 3 is 2.45 bits per heavy atom. The van der Waals surface area contributed by atoms with Gasteiger partial charge in [-0.15, -0.1) is 12.4 Å². The minimum Gasteiger partial charge on any atom is -0.490 e. The Hall–Kier alpha value is -1.26. The van der Waals surface area contributed by atoms with Crippen molar-refractivity contribution in [1.82, 2.24) is 4.90 Å². The van der Waals surface area contributed by atoms with Crippen molar-refractivity contribution >= 4 is 18.3 Å². The first-order chi connectivity index (χ1) is 10.1. The summed E-state index contributed by atoms with van der Waals surface area (Å²) >= 11 is 0. The zero-order chi connectivity index (χ0) is 15.2. The zero-order valence-corrected chi connectivity index (χ0v) is 14.3. The first-order valence-electron chi connectivity index (χ1n) is 7.88. The van der Waals surface area contributed by atoms with Crippen molar-refractivity contribution < 1.29 is 9.53 Å². The van der Waals surface area contributed by atoms with Crippen LogP contribution in [-0.4, -0.2) is 36.0 Å². The standard InChI is InChI=1S/C17H26N2O2.ClH/c1-3-4-16(18)17(20)19-11-9-15(10-12-19)21-14-7-5-13(2)6-8-14;/h5-8,15-16H,3-4,9-12,18H2,1-2H3;1H. The summed E-state index contributed by atoms with van der Waals surface area (Å²) in [7, 11) is 0. The third kappa shape index (κ3) is 5.18. The molecule has 1 aliphatic rings. The largest absolute Gasteiger partial charge is 0.490 e. The van der Waals surface area contributed by atoms with Gasteiger partial charge in [0.05, 0.1) is 6.04 Å². The van der Waals surface area contributed by atoms with E-state index in [4.69, 9.17) is 10.5 Å². The van der Waals surface area contributed by atoms with E-state index in [0.29, 0.717) is 0 Å². The molecule has 4 nitrogen and oxygen atoms in total. The zero-order valence-electron chi connectivity index (χ0n) is 13.5. The molecule has 1 unspecified atom stereocenters. The van der Waals surface area contributed by atoms with Crippen LogP contribution in [-0.2, 0) is 4.79 Å². The summed E-state index contributed by atoms with van der Waals surface area (Å²) in [5, 5.41) is 0. The number of rotatable bonds is 5. The second-order valence-corrected chi connectivity index (χ2v) is 5.85. The molecule has 0 bridgehead atoms. The van der Waals surface area contributed by atoms with Crippen LogP contribution in [0.3, 0.4) is 0 Å². The number of piperidine rings is 1. The summed E-state index contributed by atoms with van der Waals surface area (Å²) in [5.74, 6) is 0.999. The number of amides is 1. The molecule has 0 spiro atoms. The van der Waals surface area contributed by atoms with E-state index in [-0.39, 0.29) is 30.5 Å². The van der Waals surface area contributed by atoms with Gasteiger partial charge in [-0.2, -0.15) is 0 Å². The smallest absolute Gasteiger partial charge is 0.239 e. The number of hydrogen-bond acceptors (Lipinski definition) is 3. The maximum absolute atomic E-state index is 12.2. The number of ether oxygens (including phenoxy) is 1. The van der Waals surface area contributed by atoms with E-state index in [1.807, 2.05) is 17.0 Å². The van der Waals surface area contributed by atoms with Gasteiger partial charge in [0.1, 0.15) is 11.9 Å². The van der Waals surface area contributed by atoms with Crippen molar-refractivity contribution in [3.63, 3.8) is 0 Å². The van der Waals surface area contributed by atoms with Crippen LogP contribution in [0.5, 0.6) is 5.75 Å². The molecule has 1 atom stereocenters. The third-order valence-electron chi connectivity index (χ3n) is 3.99. The second-order valence-electron chi connectivity index (χ2n) is 5.85. The normalized spacial score (nSPS) is 16.8. The Labute approximate surface area is 139 Å². The van der Waals surface area contributed by atoms with Crippen molar-refractivity contribution in [2.24, 2.45) is 5.73 Å². The molecule has 0 aliphatic carbocycles. The second kappa shape index (κ2) is 9.01. The van der Waals surface area contributed by atoms with Gasteiger partial charge in [-0.25, -0.2) is 0 Å². The fourth-order valence-electron chi connectivity index (χ4n) is 2.67.